The lowest BCUT2D eigenvalue weighted by molar-refractivity contribution is 0.0494. The molecule has 0 saturated carbocycles. The van der Waals surface area contributed by atoms with Crippen LogP contribution < -0.4 is 31.5 Å². The minimum absolute atomic E-state index is 0.0439. The first-order valence-corrected chi connectivity index (χ1v) is 16.5. The SMILES string of the molecule is CC#CCn1c(N2CCCC(NC(=O)OC(C)(C)C)C2)nc2c1c(=O)n(CC(=O)c1ccccc1OCCNC(=O)OC(C)(C)C)c(=O)n2C. The van der Waals surface area contributed by atoms with Gasteiger partial charge in [0.15, 0.2) is 16.9 Å². The first-order valence-electron chi connectivity index (χ1n) is 16.5. The number of fused-ring (bicyclic) bond motifs is 1. The van der Waals surface area contributed by atoms with Gasteiger partial charge in [0.1, 0.15) is 23.6 Å². The van der Waals surface area contributed by atoms with Crippen LogP contribution in [0.1, 0.15) is 71.7 Å². The number of benzene rings is 1. The molecular weight excluding hydrogens is 646 g/mol. The Morgan fingerprint density at radius 2 is 1.68 bits per heavy atom. The summed E-state index contributed by atoms with van der Waals surface area (Å²) in [5.41, 5.74) is -2.25. The minimum Gasteiger partial charge on any atom is -0.491 e. The van der Waals surface area contributed by atoms with Gasteiger partial charge in [-0.1, -0.05) is 18.1 Å². The number of rotatable bonds is 10. The smallest absolute Gasteiger partial charge is 0.407 e. The molecule has 0 spiro atoms. The lowest BCUT2D eigenvalue weighted by Gasteiger charge is -2.34. The Hall–Kier alpha value is -5.26. The van der Waals surface area contributed by atoms with E-state index in [0.29, 0.717) is 19.0 Å². The predicted octanol–water partition coefficient (Wildman–Crippen LogP) is 3.20. The molecule has 0 radical (unpaired) electrons. The Bertz CT molecular complexity index is 1920. The first-order chi connectivity index (χ1) is 23.5. The van der Waals surface area contributed by atoms with Gasteiger partial charge < -0.3 is 29.7 Å². The number of imidazole rings is 1. The van der Waals surface area contributed by atoms with Gasteiger partial charge in [-0.05, 0) is 73.4 Å². The van der Waals surface area contributed by atoms with Crippen molar-refractivity contribution in [3.63, 3.8) is 0 Å². The number of ether oxygens (including phenoxy) is 3. The van der Waals surface area contributed by atoms with Gasteiger partial charge in [-0.15, -0.1) is 5.92 Å². The van der Waals surface area contributed by atoms with Gasteiger partial charge in [-0.2, -0.15) is 4.98 Å². The topological polar surface area (TPSA) is 168 Å². The molecule has 2 N–H and O–H groups in total. The summed E-state index contributed by atoms with van der Waals surface area (Å²) in [4.78, 5) is 72.4. The molecule has 0 bridgehead atoms. The van der Waals surface area contributed by atoms with Gasteiger partial charge in [0.25, 0.3) is 5.56 Å². The van der Waals surface area contributed by atoms with E-state index in [-0.39, 0.29) is 48.2 Å². The quantitative estimate of drug-likeness (QED) is 0.183. The molecule has 3 aromatic rings. The number of nitrogens with one attached hydrogen (secondary N) is 2. The molecule has 3 heterocycles. The number of ketones is 1. The van der Waals surface area contributed by atoms with E-state index in [9.17, 15) is 24.0 Å². The molecule has 1 aromatic carbocycles. The highest BCUT2D eigenvalue weighted by Crippen LogP contribution is 2.24. The predicted molar refractivity (Wildman–Crippen MR) is 188 cm³/mol. The average molecular weight is 694 g/mol. The third-order valence-corrected chi connectivity index (χ3v) is 7.57. The minimum atomic E-state index is -0.711. The largest absolute Gasteiger partial charge is 0.491 e. The fourth-order valence-electron chi connectivity index (χ4n) is 5.48. The van der Waals surface area contributed by atoms with Crippen LogP contribution >= 0.6 is 0 Å². The van der Waals surface area contributed by atoms with Crippen LogP contribution in [0.3, 0.4) is 0 Å². The van der Waals surface area contributed by atoms with Crippen LogP contribution in [-0.2, 0) is 29.6 Å². The van der Waals surface area contributed by atoms with Crippen molar-refractivity contribution in [1.29, 1.82) is 0 Å². The average Bonchev–Trinajstić information content (AvgIpc) is 3.41. The van der Waals surface area contributed by atoms with Crippen LogP contribution in [0.5, 0.6) is 5.75 Å². The van der Waals surface area contributed by atoms with Crippen molar-refractivity contribution in [3.8, 4) is 17.6 Å². The molecule has 1 fully saturated rings. The number of carbonyl (C=O) groups excluding carboxylic acids is 3. The van der Waals surface area contributed by atoms with Crippen LogP contribution in [0.2, 0.25) is 0 Å². The number of anilines is 1. The van der Waals surface area contributed by atoms with E-state index in [1.807, 2.05) is 4.90 Å². The summed E-state index contributed by atoms with van der Waals surface area (Å²) >= 11 is 0. The second-order valence-corrected chi connectivity index (χ2v) is 14.0. The van der Waals surface area contributed by atoms with Crippen molar-refractivity contribution >= 4 is 35.1 Å². The Kier molecular flexibility index (Phi) is 11.7. The summed E-state index contributed by atoms with van der Waals surface area (Å²) in [6, 6.07) is 6.24. The zero-order valence-corrected chi connectivity index (χ0v) is 30.0. The summed E-state index contributed by atoms with van der Waals surface area (Å²) in [6.07, 6.45) is 0.346. The molecule has 270 valence electrons. The third-order valence-electron chi connectivity index (χ3n) is 7.57. The highest BCUT2D eigenvalue weighted by atomic mass is 16.6. The molecule has 50 heavy (non-hydrogen) atoms. The molecule has 1 saturated heterocycles. The molecule has 15 nitrogen and oxygen atoms in total. The maximum atomic E-state index is 14.1. The number of amides is 2. The highest BCUT2D eigenvalue weighted by Gasteiger charge is 2.29. The van der Waals surface area contributed by atoms with E-state index in [1.165, 1.54) is 11.6 Å². The standard InChI is InChI=1S/C35H47N7O8/c1-9-10-19-41-27-28(38-30(41)40-18-13-14-23(21-40)37-32(46)50-35(5,6)7)39(8)33(47)42(29(27)44)22-25(43)24-15-11-12-16-26(24)48-20-17-36-31(45)49-34(2,3)4/h11-12,15-16,23H,13-14,17-22H2,1-8H3,(H,36,45)(H,37,46). The molecule has 4 rings (SSSR count). The normalized spacial score (nSPS) is 14.8. The number of para-hydroxylation sites is 1. The lowest BCUT2D eigenvalue weighted by Crippen LogP contribution is -2.49. The number of Topliss-reactive ketones (excluding diaryl/α,β-unsaturated/α-hetero) is 1. The fourth-order valence-corrected chi connectivity index (χ4v) is 5.48. The summed E-state index contributed by atoms with van der Waals surface area (Å²) in [7, 11) is 1.50. The number of piperidine rings is 1. The van der Waals surface area contributed by atoms with E-state index < -0.39 is 47.0 Å². The molecular formula is C35H47N7O8. The summed E-state index contributed by atoms with van der Waals surface area (Å²) in [5, 5.41) is 5.52. The van der Waals surface area contributed by atoms with Crippen LogP contribution in [0.4, 0.5) is 15.5 Å². The summed E-state index contributed by atoms with van der Waals surface area (Å²) < 4.78 is 20.2. The first kappa shape index (κ1) is 37.6. The van der Waals surface area contributed by atoms with Crippen molar-refractivity contribution in [1.82, 2.24) is 29.3 Å². The maximum Gasteiger partial charge on any atom is 0.407 e. The van der Waals surface area contributed by atoms with Crippen LogP contribution in [0.25, 0.3) is 11.2 Å². The van der Waals surface area contributed by atoms with Gasteiger partial charge in [0.2, 0.25) is 5.95 Å². The Labute approximate surface area is 290 Å². The molecule has 1 aliphatic rings. The second-order valence-electron chi connectivity index (χ2n) is 14.0. The zero-order chi connectivity index (χ0) is 36.8. The van der Waals surface area contributed by atoms with Gasteiger partial charge in [0.05, 0.1) is 25.2 Å². The lowest BCUT2D eigenvalue weighted by atomic mass is 10.1. The number of hydrogen-bond acceptors (Lipinski definition) is 10. The number of alkyl carbamates (subject to hydrolysis) is 2. The van der Waals surface area contributed by atoms with E-state index in [1.54, 1.807) is 77.3 Å². The van der Waals surface area contributed by atoms with Crippen molar-refractivity contribution in [2.75, 3.05) is 31.1 Å². The summed E-state index contributed by atoms with van der Waals surface area (Å²) in [5.74, 6) is 5.98. The van der Waals surface area contributed by atoms with Gasteiger partial charge in [-0.25, -0.2) is 14.4 Å². The molecule has 2 aromatic heterocycles. The Balaban J connectivity index is 1.61. The van der Waals surface area contributed by atoms with Crippen molar-refractivity contribution in [3.05, 3.63) is 50.7 Å². The fraction of sp³-hybridized carbons (Fsp3) is 0.543. The second kappa shape index (κ2) is 15.5. The number of carbonyl (C=O) groups is 3. The van der Waals surface area contributed by atoms with Crippen LogP contribution in [0, 0.1) is 11.8 Å². The number of nitrogens with zero attached hydrogens (tertiary/aromatic N) is 5. The summed E-state index contributed by atoms with van der Waals surface area (Å²) in [6.45, 7) is 13.0. The van der Waals surface area contributed by atoms with Gasteiger partial charge >= 0.3 is 17.9 Å². The van der Waals surface area contributed by atoms with Crippen molar-refractivity contribution < 1.29 is 28.6 Å². The van der Waals surface area contributed by atoms with Crippen LogP contribution in [0.15, 0.2) is 33.9 Å². The van der Waals surface area contributed by atoms with Gasteiger partial charge in [0, 0.05) is 26.2 Å². The molecule has 1 unspecified atom stereocenters. The maximum absolute atomic E-state index is 14.1. The van der Waals surface area contributed by atoms with E-state index in [0.717, 1.165) is 17.4 Å². The Morgan fingerprint density at radius 3 is 2.36 bits per heavy atom. The molecule has 15 heteroatoms. The van der Waals surface area contributed by atoms with E-state index in [4.69, 9.17) is 19.2 Å². The molecule has 1 aliphatic heterocycles. The number of aryl methyl sites for hydroxylation is 1. The van der Waals surface area contributed by atoms with Crippen LogP contribution in [-0.4, -0.2) is 80.1 Å². The zero-order valence-electron chi connectivity index (χ0n) is 30.0. The van der Waals surface area contributed by atoms with Crippen molar-refractivity contribution in [2.24, 2.45) is 7.05 Å². The molecule has 2 amide bonds. The number of hydrogen-bond donors (Lipinski definition) is 2. The molecule has 1 atom stereocenters. The Morgan fingerprint density at radius 1 is 1.00 bits per heavy atom. The third kappa shape index (κ3) is 9.46. The highest BCUT2D eigenvalue weighted by molar-refractivity contribution is 5.98. The van der Waals surface area contributed by atoms with Gasteiger partial charge in [-0.3, -0.25) is 23.3 Å². The van der Waals surface area contributed by atoms with Crippen molar-refractivity contribution in [2.45, 2.75) is 91.6 Å². The number of aromatic nitrogens is 4. The monoisotopic (exact) mass is 693 g/mol. The van der Waals surface area contributed by atoms with E-state index in [2.05, 4.69) is 22.5 Å². The molecule has 0 aliphatic carbocycles. The van der Waals surface area contributed by atoms with E-state index >= 15 is 0 Å².